The van der Waals surface area contributed by atoms with Crippen LogP contribution in [0.3, 0.4) is 0 Å². The van der Waals surface area contributed by atoms with E-state index in [4.69, 9.17) is 24.2 Å². The summed E-state index contributed by atoms with van der Waals surface area (Å²) >= 11 is 1.59. The van der Waals surface area contributed by atoms with Crippen molar-refractivity contribution in [2.75, 3.05) is 36.5 Å². The van der Waals surface area contributed by atoms with Crippen molar-refractivity contribution in [2.24, 2.45) is 0 Å². The molecule has 0 atom stereocenters. The molecule has 3 aromatic rings. The van der Waals surface area contributed by atoms with E-state index in [9.17, 15) is 9.59 Å². The number of amides is 1. The number of hydrogen-bond donors (Lipinski definition) is 3. The van der Waals surface area contributed by atoms with Crippen LogP contribution in [0.5, 0.6) is 0 Å². The summed E-state index contributed by atoms with van der Waals surface area (Å²) in [6.45, 7) is 7.53. The highest BCUT2D eigenvalue weighted by molar-refractivity contribution is 7.99. The number of nitrogens with one attached hydrogen (secondary N) is 2. The van der Waals surface area contributed by atoms with Crippen molar-refractivity contribution < 1.29 is 33.9 Å². The van der Waals surface area contributed by atoms with Crippen molar-refractivity contribution in [3.05, 3.63) is 64.8 Å². The molecule has 0 saturated heterocycles. The SMILES string of the molecule is CC[NH+](CC)CCSCC(=O)Nc1c(-c2ccccc2)oc2ccccc2c1=O.O=C([O-])C(=O)O. The molecule has 10 heteroatoms. The molecule has 3 N–H and O–H groups in total. The zero-order chi connectivity index (χ0) is 25.8. The molecule has 0 spiro atoms. The van der Waals surface area contributed by atoms with E-state index >= 15 is 0 Å². The topological polar surface area (TPSA) is 141 Å². The second-order valence-corrected chi connectivity index (χ2v) is 8.50. The third-order valence-electron chi connectivity index (χ3n) is 5.11. The Kier molecular flexibility index (Phi) is 11.0. The number of carbonyl (C=O) groups excluding carboxylic acids is 2. The summed E-state index contributed by atoms with van der Waals surface area (Å²) in [6, 6.07) is 16.5. The summed E-state index contributed by atoms with van der Waals surface area (Å²) in [5.74, 6) is -2.60. The number of benzene rings is 2. The molecule has 0 fully saturated rings. The molecule has 0 aliphatic carbocycles. The molecule has 0 aliphatic rings. The van der Waals surface area contributed by atoms with Crippen molar-refractivity contribution in [2.45, 2.75) is 13.8 Å². The molecule has 2 aromatic carbocycles. The van der Waals surface area contributed by atoms with Crippen molar-refractivity contribution in [1.82, 2.24) is 0 Å². The van der Waals surface area contributed by atoms with Crippen LogP contribution >= 0.6 is 11.8 Å². The molecule has 186 valence electrons. The van der Waals surface area contributed by atoms with Crippen LogP contribution in [-0.4, -0.2) is 54.1 Å². The standard InChI is InChI=1S/C23H26N2O3S.C2H2O4/c1-3-25(4-2)14-15-29-16-20(26)24-21-22(27)18-12-8-9-13-19(18)28-23(21)17-10-6-5-7-11-17;3-1(4)2(5)6/h5-13H,3-4,14-16H2,1-2H3,(H,24,26);(H,3,4)(H,5,6). The van der Waals surface area contributed by atoms with E-state index in [1.54, 1.807) is 30.0 Å². The number of quaternary nitrogens is 1. The van der Waals surface area contributed by atoms with E-state index in [2.05, 4.69) is 19.2 Å². The van der Waals surface area contributed by atoms with Crippen LogP contribution in [0.4, 0.5) is 5.69 Å². The Hall–Kier alpha value is -3.63. The first-order chi connectivity index (χ1) is 16.8. The fourth-order valence-electron chi connectivity index (χ4n) is 3.21. The average Bonchev–Trinajstić information content (AvgIpc) is 2.86. The quantitative estimate of drug-likeness (QED) is 0.290. The highest BCUT2D eigenvalue weighted by atomic mass is 32.2. The maximum absolute atomic E-state index is 13.1. The minimum absolute atomic E-state index is 0.190. The number of para-hydroxylation sites is 1. The van der Waals surface area contributed by atoms with Gasteiger partial charge >= 0.3 is 5.97 Å². The van der Waals surface area contributed by atoms with E-state index in [1.165, 1.54) is 4.90 Å². The molecule has 0 bridgehead atoms. The number of carboxylic acid groups (broad SMARTS) is 2. The third kappa shape index (κ3) is 8.27. The lowest BCUT2D eigenvalue weighted by molar-refractivity contribution is -0.893. The van der Waals surface area contributed by atoms with Gasteiger partial charge in [-0.2, -0.15) is 0 Å². The van der Waals surface area contributed by atoms with Crippen LogP contribution in [0.1, 0.15) is 13.8 Å². The summed E-state index contributed by atoms with van der Waals surface area (Å²) in [4.78, 5) is 45.2. The maximum Gasteiger partial charge on any atom is 0.351 e. The predicted octanol–water partition coefficient (Wildman–Crippen LogP) is 0.877. The summed E-state index contributed by atoms with van der Waals surface area (Å²) in [6.07, 6.45) is 0. The summed E-state index contributed by atoms with van der Waals surface area (Å²) in [7, 11) is 0. The van der Waals surface area contributed by atoms with Crippen LogP contribution in [-0.2, 0) is 14.4 Å². The number of hydrogen-bond acceptors (Lipinski definition) is 7. The molecular weight excluding hydrogens is 472 g/mol. The van der Waals surface area contributed by atoms with Gasteiger partial charge in [0.1, 0.15) is 11.3 Å². The lowest BCUT2D eigenvalue weighted by Gasteiger charge is -2.15. The second kappa shape index (κ2) is 13.9. The monoisotopic (exact) mass is 500 g/mol. The maximum atomic E-state index is 13.1. The highest BCUT2D eigenvalue weighted by Gasteiger charge is 2.18. The Balaban J connectivity index is 0.000000641. The zero-order valence-corrected chi connectivity index (χ0v) is 20.4. The van der Waals surface area contributed by atoms with E-state index in [1.807, 2.05) is 36.4 Å². The van der Waals surface area contributed by atoms with E-state index in [0.29, 0.717) is 22.5 Å². The smallest absolute Gasteiger partial charge is 0.351 e. The fourth-order valence-corrected chi connectivity index (χ4v) is 4.04. The zero-order valence-electron chi connectivity index (χ0n) is 19.5. The number of fused-ring (bicyclic) bond motifs is 1. The Morgan fingerprint density at radius 1 is 1.03 bits per heavy atom. The first-order valence-electron chi connectivity index (χ1n) is 11.0. The van der Waals surface area contributed by atoms with Gasteiger partial charge in [0.25, 0.3) is 0 Å². The number of carbonyl (C=O) groups is 3. The predicted molar refractivity (Wildman–Crippen MR) is 133 cm³/mol. The molecule has 0 unspecified atom stereocenters. The normalized spacial score (nSPS) is 10.5. The Morgan fingerprint density at radius 3 is 2.23 bits per heavy atom. The lowest BCUT2D eigenvalue weighted by atomic mass is 10.1. The molecule has 35 heavy (non-hydrogen) atoms. The van der Waals surface area contributed by atoms with Gasteiger partial charge in [-0.1, -0.05) is 42.5 Å². The van der Waals surface area contributed by atoms with Crippen molar-refractivity contribution in [3.63, 3.8) is 0 Å². The minimum atomic E-state index is -2.07. The van der Waals surface area contributed by atoms with Gasteiger partial charge in [0.15, 0.2) is 11.7 Å². The number of carboxylic acids is 2. The first kappa shape index (κ1) is 27.6. The lowest BCUT2D eigenvalue weighted by Crippen LogP contribution is -3.11. The Labute approximate surface area is 206 Å². The van der Waals surface area contributed by atoms with Gasteiger partial charge in [0, 0.05) is 11.3 Å². The Morgan fingerprint density at radius 2 is 1.63 bits per heavy atom. The van der Waals surface area contributed by atoms with Crippen LogP contribution < -0.4 is 20.8 Å². The second-order valence-electron chi connectivity index (χ2n) is 7.40. The molecule has 1 aromatic heterocycles. The van der Waals surface area contributed by atoms with Gasteiger partial charge in [-0.05, 0) is 26.0 Å². The van der Waals surface area contributed by atoms with Gasteiger partial charge in [-0.3, -0.25) is 9.59 Å². The molecule has 0 radical (unpaired) electrons. The van der Waals surface area contributed by atoms with E-state index in [-0.39, 0.29) is 17.0 Å². The largest absolute Gasteiger partial charge is 0.539 e. The van der Waals surface area contributed by atoms with Crippen molar-refractivity contribution in [3.8, 4) is 11.3 Å². The van der Waals surface area contributed by atoms with Crippen LogP contribution in [0, 0.1) is 0 Å². The number of anilines is 1. The first-order valence-corrected chi connectivity index (χ1v) is 12.2. The summed E-state index contributed by atoms with van der Waals surface area (Å²) < 4.78 is 6.02. The number of thioether (sulfide) groups is 1. The van der Waals surface area contributed by atoms with Gasteiger partial charge in [-0.25, -0.2) is 4.79 Å². The number of rotatable bonds is 9. The molecule has 9 nitrogen and oxygen atoms in total. The molecule has 1 heterocycles. The fraction of sp³-hybridized carbons (Fsp3) is 0.280. The third-order valence-corrected chi connectivity index (χ3v) is 6.07. The number of aliphatic carboxylic acids is 2. The summed E-state index contributed by atoms with van der Waals surface area (Å²) in [5, 5.41) is 19.6. The minimum Gasteiger partial charge on any atom is -0.539 e. The van der Waals surface area contributed by atoms with Crippen molar-refractivity contribution >= 4 is 46.3 Å². The Bertz CT molecular complexity index is 1200. The van der Waals surface area contributed by atoms with Crippen molar-refractivity contribution in [1.29, 1.82) is 0 Å². The van der Waals surface area contributed by atoms with E-state index in [0.717, 1.165) is 31.0 Å². The van der Waals surface area contributed by atoms with E-state index < -0.39 is 11.9 Å². The van der Waals surface area contributed by atoms with Crippen LogP contribution in [0.2, 0.25) is 0 Å². The van der Waals surface area contributed by atoms with Crippen LogP contribution in [0.15, 0.2) is 63.8 Å². The summed E-state index contributed by atoms with van der Waals surface area (Å²) in [5.41, 5.74) is 1.24. The van der Waals surface area contributed by atoms with Gasteiger partial charge in [0.2, 0.25) is 11.3 Å². The highest BCUT2D eigenvalue weighted by Crippen LogP contribution is 2.29. The average molecular weight is 501 g/mol. The molecule has 1 amide bonds. The van der Waals surface area contributed by atoms with Gasteiger partial charge in [-0.15, -0.1) is 11.8 Å². The van der Waals surface area contributed by atoms with Crippen LogP contribution in [0.25, 0.3) is 22.3 Å². The molecule has 0 saturated carbocycles. The molecule has 3 rings (SSSR count). The molecule has 0 aliphatic heterocycles. The van der Waals surface area contributed by atoms with Gasteiger partial charge in [0.05, 0.1) is 30.8 Å². The van der Waals surface area contributed by atoms with Gasteiger partial charge < -0.3 is 29.6 Å². The molecular formula is C25H28N2O7S.